The second kappa shape index (κ2) is 4.13. The van der Waals surface area contributed by atoms with Crippen LogP contribution < -0.4 is 10.5 Å². The lowest BCUT2D eigenvalue weighted by Crippen LogP contribution is -2.21. The second-order valence-corrected chi connectivity index (χ2v) is 4.74. The van der Waals surface area contributed by atoms with Gasteiger partial charge >= 0.3 is 0 Å². The zero-order valence-electron chi connectivity index (χ0n) is 10.2. The van der Waals surface area contributed by atoms with Crippen molar-refractivity contribution in [2.24, 2.45) is 11.7 Å². The minimum atomic E-state index is -0.0116. The summed E-state index contributed by atoms with van der Waals surface area (Å²) in [7, 11) is 0. The van der Waals surface area contributed by atoms with Crippen LogP contribution in [0.3, 0.4) is 0 Å². The SMILES string of the molecule is Cc1[nH]nc2c1[C@@H](CC(C)C)C(C#N)=C(N)O2. The zero-order valence-corrected chi connectivity index (χ0v) is 10.2. The van der Waals surface area contributed by atoms with E-state index in [1.165, 1.54) is 0 Å². The van der Waals surface area contributed by atoms with Gasteiger partial charge < -0.3 is 10.5 Å². The van der Waals surface area contributed by atoms with Gasteiger partial charge in [0.15, 0.2) is 0 Å². The van der Waals surface area contributed by atoms with E-state index in [1.807, 2.05) is 6.92 Å². The van der Waals surface area contributed by atoms with Crippen LogP contribution in [0.15, 0.2) is 11.5 Å². The first-order valence-electron chi connectivity index (χ1n) is 5.67. The van der Waals surface area contributed by atoms with Gasteiger partial charge in [-0.1, -0.05) is 13.8 Å². The molecule has 5 nitrogen and oxygen atoms in total. The number of nitrogens with one attached hydrogen (secondary N) is 1. The highest BCUT2D eigenvalue weighted by atomic mass is 16.5. The molecule has 90 valence electrons. The number of aromatic amines is 1. The van der Waals surface area contributed by atoms with Crippen LogP contribution in [0.25, 0.3) is 0 Å². The van der Waals surface area contributed by atoms with E-state index in [9.17, 15) is 5.26 Å². The second-order valence-electron chi connectivity index (χ2n) is 4.74. The summed E-state index contributed by atoms with van der Waals surface area (Å²) in [6.07, 6.45) is 0.861. The number of nitrogens with two attached hydrogens (primary N) is 1. The minimum Gasteiger partial charge on any atom is -0.420 e. The topological polar surface area (TPSA) is 87.7 Å². The van der Waals surface area contributed by atoms with Crippen LogP contribution in [0.4, 0.5) is 0 Å². The van der Waals surface area contributed by atoms with Crippen molar-refractivity contribution in [3.8, 4) is 11.9 Å². The summed E-state index contributed by atoms with van der Waals surface area (Å²) in [5, 5.41) is 16.1. The monoisotopic (exact) mass is 232 g/mol. The van der Waals surface area contributed by atoms with Crippen molar-refractivity contribution in [1.82, 2.24) is 10.2 Å². The largest absolute Gasteiger partial charge is 0.420 e. The smallest absolute Gasteiger partial charge is 0.243 e. The van der Waals surface area contributed by atoms with Gasteiger partial charge in [0.05, 0.1) is 5.57 Å². The van der Waals surface area contributed by atoms with Crippen LogP contribution in [0.1, 0.15) is 37.4 Å². The van der Waals surface area contributed by atoms with Crippen molar-refractivity contribution < 1.29 is 4.74 Å². The minimum absolute atomic E-state index is 0.0116. The van der Waals surface area contributed by atoms with E-state index in [1.54, 1.807) is 0 Å². The summed E-state index contributed by atoms with van der Waals surface area (Å²) >= 11 is 0. The Bertz CT molecular complexity index is 507. The molecule has 1 aliphatic rings. The number of fused-ring (bicyclic) bond motifs is 1. The van der Waals surface area contributed by atoms with Crippen LogP contribution in [-0.4, -0.2) is 10.2 Å². The maximum Gasteiger partial charge on any atom is 0.243 e. The van der Waals surface area contributed by atoms with Crippen molar-refractivity contribution in [3.63, 3.8) is 0 Å². The van der Waals surface area contributed by atoms with Crippen molar-refractivity contribution in [2.75, 3.05) is 0 Å². The Labute approximate surface area is 100 Å². The first-order chi connectivity index (χ1) is 8.04. The van der Waals surface area contributed by atoms with Crippen molar-refractivity contribution >= 4 is 0 Å². The number of H-pyrrole nitrogens is 1. The van der Waals surface area contributed by atoms with E-state index in [2.05, 4.69) is 30.1 Å². The van der Waals surface area contributed by atoms with Gasteiger partial charge in [-0.15, -0.1) is 5.10 Å². The van der Waals surface area contributed by atoms with E-state index < -0.39 is 0 Å². The van der Waals surface area contributed by atoms with Gasteiger partial charge in [-0.3, -0.25) is 5.10 Å². The molecule has 0 radical (unpaired) electrons. The number of aromatic nitrogens is 2. The molecule has 2 heterocycles. The molecule has 0 fully saturated rings. The summed E-state index contributed by atoms with van der Waals surface area (Å²) in [6, 6.07) is 2.16. The maximum atomic E-state index is 9.20. The Morgan fingerprint density at radius 2 is 2.29 bits per heavy atom. The predicted molar refractivity (Wildman–Crippen MR) is 63.0 cm³/mol. The van der Waals surface area contributed by atoms with Gasteiger partial charge in [-0.05, 0) is 19.3 Å². The fourth-order valence-corrected chi connectivity index (χ4v) is 2.22. The molecule has 1 atom stereocenters. The Morgan fingerprint density at radius 3 is 2.88 bits per heavy atom. The zero-order chi connectivity index (χ0) is 12.6. The highest BCUT2D eigenvalue weighted by Crippen LogP contribution is 2.41. The van der Waals surface area contributed by atoms with E-state index >= 15 is 0 Å². The third kappa shape index (κ3) is 1.86. The normalized spacial score (nSPS) is 18.9. The molecule has 0 spiro atoms. The van der Waals surface area contributed by atoms with Crippen molar-refractivity contribution in [1.29, 1.82) is 5.26 Å². The van der Waals surface area contributed by atoms with Crippen molar-refractivity contribution in [2.45, 2.75) is 33.1 Å². The number of nitrogens with zero attached hydrogens (tertiary/aromatic N) is 2. The fraction of sp³-hybridized carbons (Fsp3) is 0.500. The Balaban J connectivity index is 2.50. The van der Waals surface area contributed by atoms with Gasteiger partial charge in [0.2, 0.25) is 11.8 Å². The molecule has 0 amide bonds. The number of hydrogen-bond acceptors (Lipinski definition) is 4. The number of aryl methyl sites for hydroxylation is 1. The van der Waals surface area contributed by atoms with Crippen molar-refractivity contribution in [3.05, 3.63) is 22.7 Å². The number of ether oxygens (including phenoxy) is 1. The molecule has 0 aromatic carbocycles. The molecule has 1 aromatic rings. The first kappa shape index (κ1) is 11.5. The lowest BCUT2D eigenvalue weighted by Gasteiger charge is -2.24. The number of allylic oxidation sites excluding steroid dienone is 1. The molecule has 1 aliphatic heterocycles. The van der Waals surface area contributed by atoms with Gasteiger partial charge in [0.25, 0.3) is 0 Å². The predicted octanol–water partition coefficient (Wildman–Crippen LogP) is 1.93. The molecular weight excluding hydrogens is 216 g/mol. The average molecular weight is 232 g/mol. The standard InChI is InChI=1S/C12H16N4O/c1-6(2)4-8-9(5-13)11(14)17-12-10(8)7(3)15-16-12/h6,8H,4,14H2,1-3H3,(H,15,16)/t8-/m0/s1. The highest BCUT2D eigenvalue weighted by molar-refractivity contribution is 5.48. The fourth-order valence-electron chi connectivity index (χ4n) is 2.22. The molecule has 0 aliphatic carbocycles. The summed E-state index contributed by atoms with van der Waals surface area (Å²) in [6.45, 7) is 6.17. The number of rotatable bonds is 2. The number of hydrogen-bond donors (Lipinski definition) is 2. The summed E-state index contributed by atoms with van der Waals surface area (Å²) in [4.78, 5) is 0. The quantitative estimate of drug-likeness (QED) is 0.815. The van der Waals surface area contributed by atoms with Crippen LogP contribution in [-0.2, 0) is 0 Å². The van der Waals surface area contributed by atoms with Crippen LogP contribution in [0, 0.1) is 24.2 Å². The molecular formula is C12H16N4O. The first-order valence-corrected chi connectivity index (χ1v) is 5.67. The Hall–Kier alpha value is -1.96. The van der Waals surface area contributed by atoms with Gasteiger partial charge in [-0.2, -0.15) is 5.26 Å². The third-order valence-corrected chi connectivity index (χ3v) is 2.96. The van der Waals surface area contributed by atoms with Crippen LogP contribution >= 0.6 is 0 Å². The van der Waals surface area contributed by atoms with Gasteiger partial charge in [0.1, 0.15) is 6.07 Å². The van der Waals surface area contributed by atoms with E-state index in [0.717, 1.165) is 17.7 Å². The lowest BCUT2D eigenvalue weighted by atomic mass is 9.84. The van der Waals surface area contributed by atoms with Gasteiger partial charge in [0, 0.05) is 17.2 Å². The maximum absolute atomic E-state index is 9.20. The third-order valence-electron chi connectivity index (χ3n) is 2.96. The van der Waals surface area contributed by atoms with Gasteiger partial charge in [-0.25, -0.2) is 0 Å². The van der Waals surface area contributed by atoms with E-state index in [4.69, 9.17) is 10.5 Å². The summed E-state index contributed by atoms with van der Waals surface area (Å²) in [5.41, 5.74) is 8.17. The molecule has 0 bridgehead atoms. The Morgan fingerprint density at radius 1 is 1.59 bits per heavy atom. The average Bonchev–Trinajstić information content (AvgIpc) is 2.59. The molecule has 17 heavy (non-hydrogen) atoms. The van der Waals surface area contributed by atoms with Crippen LogP contribution in [0.5, 0.6) is 5.88 Å². The molecule has 1 aromatic heterocycles. The molecule has 0 saturated carbocycles. The molecule has 0 saturated heterocycles. The molecule has 0 unspecified atom stereocenters. The molecule has 3 N–H and O–H groups in total. The van der Waals surface area contributed by atoms with Crippen LogP contribution in [0.2, 0.25) is 0 Å². The highest BCUT2D eigenvalue weighted by Gasteiger charge is 2.33. The summed E-state index contributed by atoms with van der Waals surface area (Å²) < 4.78 is 5.36. The lowest BCUT2D eigenvalue weighted by molar-refractivity contribution is 0.365. The molecule has 5 heteroatoms. The van der Waals surface area contributed by atoms with E-state index in [0.29, 0.717) is 17.4 Å². The van der Waals surface area contributed by atoms with E-state index in [-0.39, 0.29) is 11.8 Å². The number of nitriles is 1. The Kier molecular flexibility index (Phi) is 2.80. The summed E-state index contributed by atoms with van der Waals surface area (Å²) in [5.74, 6) is 1.14. The molecule has 2 rings (SSSR count).